The lowest BCUT2D eigenvalue weighted by Crippen LogP contribution is -2.27. The molecular formula is C24H23N3O2S. The number of ether oxygens (including phenoxy) is 1. The van der Waals surface area contributed by atoms with Crippen molar-refractivity contribution in [3.05, 3.63) is 95.0 Å². The van der Waals surface area contributed by atoms with Gasteiger partial charge in [-0.2, -0.15) is 5.10 Å². The van der Waals surface area contributed by atoms with Crippen molar-refractivity contribution in [2.75, 3.05) is 7.11 Å². The number of carbonyl (C=O) groups is 1. The third-order valence-electron chi connectivity index (χ3n) is 4.90. The predicted molar refractivity (Wildman–Crippen MR) is 120 cm³/mol. The molecule has 0 aliphatic rings. The van der Waals surface area contributed by atoms with Crippen LogP contribution in [0.25, 0.3) is 10.6 Å². The van der Waals surface area contributed by atoms with Crippen LogP contribution in [0.3, 0.4) is 0 Å². The molecule has 2 aromatic heterocycles. The van der Waals surface area contributed by atoms with Crippen LogP contribution in [0, 0.1) is 0 Å². The Labute approximate surface area is 179 Å². The zero-order valence-corrected chi connectivity index (χ0v) is 17.7. The molecule has 0 spiro atoms. The van der Waals surface area contributed by atoms with Gasteiger partial charge in [-0.15, -0.1) is 11.3 Å². The Hall–Kier alpha value is -3.38. The highest BCUT2D eigenvalue weighted by Crippen LogP contribution is 2.29. The van der Waals surface area contributed by atoms with E-state index in [0.29, 0.717) is 17.8 Å². The van der Waals surface area contributed by atoms with Gasteiger partial charge in [0.1, 0.15) is 11.4 Å². The fourth-order valence-electron chi connectivity index (χ4n) is 3.41. The average Bonchev–Trinajstić information content (AvgIpc) is 3.44. The van der Waals surface area contributed by atoms with Crippen molar-refractivity contribution in [1.29, 1.82) is 0 Å². The highest BCUT2D eigenvalue weighted by Gasteiger charge is 2.21. The quantitative estimate of drug-likeness (QED) is 0.452. The molecule has 1 atom stereocenters. The molecule has 0 saturated heterocycles. The zero-order chi connectivity index (χ0) is 20.9. The Balaban J connectivity index is 1.62. The van der Waals surface area contributed by atoms with E-state index in [-0.39, 0.29) is 11.9 Å². The first-order valence-corrected chi connectivity index (χ1v) is 10.6. The summed E-state index contributed by atoms with van der Waals surface area (Å²) in [5.74, 6) is 0.597. The second-order valence-electron chi connectivity index (χ2n) is 6.99. The van der Waals surface area contributed by atoms with Crippen LogP contribution in [0.2, 0.25) is 0 Å². The molecular weight excluding hydrogens is 394 g/mol. The summed E-state index contributed by atoms with van der Waals surface area (Å²) >= 11 is 1.57. The number of amides is 1. The Morgan fingerprint density at radius 3 is 2.60 bits per heavy atom. The minimum absolute atomic E-state index is 0.156. The molecule has 0 radical (unpaired) electrons. The number of hydrogen-bond acceptors (Lipinski definition) is 4. The predicted octanol–water partition coefficient (Wildman–Crippen LogP) is 5.16. The molecule has 5 nitrogen and oxygen atoms in total. The second kappa shape index (κ2) is 8.97. The van der Waals surface area contributed by atoms with Gasteiger partial charge in [-0.25, -0.2) is 0 Å². The van der Waals surface area contributed by atoms with Crippen LogP contribution in [-0.4, -0.2) is 22.8 Å². The van der Waals surface area contributed by atoms with Gasteiger partial charge in [0.05, 0.1) is 30.1 Å². The number of benzene rings is 2. The first-order chi connectivity index (χ1) is 14.7. The molecule has 1 N–H and O–H groups in total. The van der Waals surface area contributed by atoms with Gasteiger partial charge in [0.2, 0.25) is 0 Å². The van der Waals surface area contributed by atoms with Gasteiger partial charge >= 0.3 is 0 Å². The number of methoxy groups -OCH3 is 1. The Morgan fingerprint density at radius 2 is 1.87 bits per heavy atom. The number of thiophene rings is 1. The van der Waals surface area contributed by atoms with Gasteiger partial charge in [-0.05, 0) is 30.0 Å². The second-order valence-corrected chi connectivity index (χ2v) is 7.94. The number of hydrogen-bond donors (Lipinski definition) is 1. The Morgan fingerprint density at radius 1 is 1.10 bits per heavy atom. The van der Waals surface area contributed by atoms with E-state index in [1.54, 1.807) is 18.4 Å². The highest BCUT2D eigenvalue weighted by atomic mass is 32.1. The number of carbonyl (C=O) groups excluding carboxylic acids is 1. The summed E-state index contributed by atoms with van der Waals surface area (Å²) in [7, 11) is 1.63. The van der Waals surface area contributed by atoms with Crippen LogP contribution in [0.15, 0.2) is 78.3 Å². The van der Waals surface area contributed by atoms with E-state index in [1.165, 1.54) is 0 Å². The molecule has 0 aliphatic heterocycles. The Kier molecular flexibility index (Phi) is 5.95. The molecule has 0 fully saturated rings. The molecule has 4 aromatic rings. The minimum atomic E-state index is -0.206. The molecule has 0 saturated carbocycles. The van der Waals surface area contributed by atoms with Crippen LogP contribution < -0.4 is 10.1 Å². The minimum Gasteiger partial charge on any atom is -0.496 e. The van der Waals surface area contributed by atoms with E-state index >= 15 is 0 Å². The summed E-state index contributed by atoms with van der Waals surface area (Å²) in [6.07, 6.45) is 1.83. The molecule has 1 unspecified atom stereocenters. The van der Waals surface area contributed by atoms with Crippen LogP contribution in [0.4, 0.5) is 0 Å². The molecule has 152 valence electrons. The molecule has 4 rings (SSSR count). The van der Waals surface area contributed by atoms with E-state index in [9.17, 15) is 4.79 Å². The number of nitrogens with one attached hydrogen (secondary N) is 1. The molecule has 1 amide bonds. The third-order valence-corrected chi connectivity index (χ3v) is 5.78. The van der Waals surface area contributed by atoms with Crippen molar-refractivity contribution in [2.45, 2.75) is 19.5 Å². The monoisotopic (exact) mass is 417 g/mol. The smallest absolute Gasteiger partial charge is 0.255 e. The summed E-state index contributed by atoms with van der Waals surface area (Å²) in [6.45, 7) is 2.56. The highest BCUT2D eigenvalue weighted by molar-refractivity contribution is 7.13. The van der Waals surface area contributed by atoms with Crippen LogP contribution in [0.5, 0.6) is 5.75 Å². The van der Waals surface area contributed by atoms with Crippen molar-refractivity contribution in [1.82, 2.24) is 15.1 Å². The zero-order valence-electron chi connectivity index (χ0n) is 16.9. The summed E-state index contributed by atoms with van der Waals surface area (Å²) in [4.78, 5) is 14.2. The van der Waals surface area contributed by atoms with Gasteiger partial charge in [0.15, 0.2) is 0 Å². The lowest BCUT2D eigenvalue weighted by molar-refractivity contribution is 0.0940. The van der Waals surface area contributed by atoms with Gasteiger partial charge in [-0.1, -0.05) is 54.6 Å². The van der Waals surface area contributed by atoms with Gasteiger partial charge in [0, 0.05) is 11.8 Å². The largest absolute Gasteiger partial charge is 0.496 e. The van der Waals surface area contributed by atoms with Crippen LogP contribution in [0.1, 0.15) is 34.5 Å². The fraction of sp³-hybridized carbons (Fsp3) is 0.167. The molecule has 6 heteroatoms. The maximum atomic E-state index is 13.2. The first kappa shape index (κ1) is 19.9. The van der Waals surface area contributed by atoms with Crippen molar-refractivity contribution in [2.24, 2.45) is 0 Å². The van der Waals surface area contributed by atoms with Crippen molar-refractivity contribution < 1.29 is 9.53 Å². The van der Waals surface area contributed by atoms with E-state index in [0.717, 1.165) is 21.8 Å². The van der Waals surface area contributed by atoms with Crippen LogP contribution >= 0.6 is 11.3 Å². The van der Waals surface area contributed by atoms with Gasteiger partial charge in [-0.3, -0.25) is 9.48 Å². The molecule has 2 aromatic carbocycles. The number of aromatic nitrogens is 2. The molecule has 30 heavy (non-hydrogen) atoms. The van der Waals surface area contributed by atoms with E-state index < -0.39 is 0 Å². The van der Waals surface area contributed by atoms with Crippen molar-refractivity contribution >= 4 is 17.2 Å². The summed E-state index contributed by atoms with van der Waals surface area (Å²) in [6, 6.07) is 21.6. The lowest BCUT2D eigenvalue weighted by atomic mass is 10.1. The van der Waals surface area contributed by atoms with Crippen LogP contribution in [-0.2, 0) is 6.54 Å². The lowest BCUT2D eigenvalue weighted by Gasteiger charge is -2.17. The van der Waals surface area contributed by atoms with Gasteiger partial charge < -0.3 is 10.1 Å². The first-order valence-electron chi connectivity index (χ1n) is 9.74. The SMILES string of the molecule is COc1ccccc1C(C)NC(=O)c1cn(Cc2ccccc2)nc1-c1cccs1. The average molecular weight is 418 g/mol. The molecule has 2 heterocycles. The Bertz CT molecular complexity index is 1120. The fourth-order valence-corrected chi connectivity index (χ4v) is 4.13. The maximum absolute atomic E-state index is 13.2. The molecule has 0 bridgehead atoms. The van der Waals surface area contributed by atoms with Crippen molar-refractivity contribution in [3.63, 3.8) is 0 Å². The molecule has 0 aliphatic carbocycles. The van der Waals surface area contributed by atoms with E-state index in [2.05, 4.69) is 17.4 Å². The van der Waals surface area contributed by atoms with E-state index in [1.807, 2.05) is 77.8 Å². The van der Waals surface area contributed by atoms with Gasteiger partial charge in [0.25, 0.3) is 5.91 Å². The number of nitrogens with zero attached hydrogens (tertiary/aromatic N) is 2. The summed E-state index contributed by atoms with van der Waals surface area (Å²) in [5, 5.41) is 9.81. The van der Waals surface area contributed by atoms with E-state index in [4.69, 9.17) is 9.84 Å². The normalized spacial score (nSPS) is 11.8. The number of para-hydroxylation sites is 1. The topological polar surface area (TPSA) is 56.1 Å². The summed E-state index contributed by atoms with van der Waals surface area (Å²) < 4.78 is 7.27. The van der Waals surface area contributed by atoms with Crippen molar-refractivity contribution in [3.8, 4) is 16.3 Å². The number of rotatable bonds is 7. The maximum Gasteiger partial charge on any atom is 0.255 e. The standard InChI is InChI=1S/C24H23N3O2S/c1-17(19-11-6-7-12-21(19)29-2)25-24(28)20-16-27(15-18-9-4-3-5-10-18)26-23(20)22-13-8-14-30-22/h3-14,16-17H,15H2,1-2H3,(H,25,28). The summed E-state index contributed by atoms with van der Waals surface area (Å²) in [5.41, 5.74) is 3.33. The third kappa shape index (κ3) is 4.28.